The summed E-state index contributed by atoms with van der Waals surface area (Å²) in [6, 6.07) is 12.8. The Labute approximate surface area is 178 Å². The number of hydrogen-bond acceptors (Lipinski definition) is 6. The number of hydrogen-bond donors (Lipinski definition) is 1. The van der Waals surface area contributed by atoms with Gasteiger partial charge in [0.25, 0.3) is 5.56 Å². The van der Waals surface area contributed by atoms with Gasteiger partial charge in [-0.1, -0.05) is 30.0 Å². The second kappa shape index (κ2) is 8.39. The van der Waals surface area contributed by atoms with E-state index in [9.17, 15) is 9.59 Å². The van der Waals surface area contributed by atoms with Gasteiger partial charge in [-0.05, 0) is 50.6 Å². The van der Waals surface area contributed by atoms with Gasteiger partial charge in [-0.2, -0.15) is 0 Å². The van der Waals surface area contributed by atoms with Crippen LogP contribution in [0.3, 0.4) is 0 Å². The molecule has 2 aromatic carbocycles. The lowest BCUT2D eigenvalue weighted by Crippen LogP contribution is -2.32. The Kier molecular flexibility index (Phi) is 5.67. The molecule has 2 heterocycles. The number of amides is 1. The van der Waals surface area contributed by atoms with Crippen LogP contribution in [0.15, 0.2) is 52.4 Å². The van der Waals surface area contributed by atoms with E-state index in [0.29, 0.717) is 34.1 Å². The summed E-state index contributed by atoms with van der Waals surface area (Å²) in [5, 5.41) is 3.64. The number of rotatable bonds is 6. The smallest absolute Gasteiger partial charge is 0.262 e. The minimum absolute atomic E-state index is 0.0685. The molecule has 0 saturated heterocycles. The van der Waals surface area contributed by atoms with Gasteiger partial charge in [-0.3, -0.25) is 14.2 Å². The third-order valence-electron chi connectivity index (χ3n) is 4.85. The summed E-state index contributed by atoms with van der Waals surface area (Å²) < 4.78 is 12.3. The van der Waals surface area contributed by atoms with Crippen molar-refractivity contribution in [2.24, 2.45) is 0 Å². The lowest BCUT2D eigenvalue weighted by molar-refractivity contribution is -0.120. The highest BCUT2D eigenvalue weighted by molar-refractivity contribution is 8.00. The van der Waals surface area contributed by atoms with Crippen molar-refractivity contribution in [1.29, 1.82) is 0 Å². The molecule has 0 bridgehead atoms. The van der Waals surface area contributed by atoms with Crippen molar-refractivity contribution in [2.45, 2.75) is 43.8 Å². The maximum Gasteiger partial charge on any atom is 0.262 e. The van der Waals surface area contributed by atoms with E-state index in [0.717, 1.165) is 5.56 Å². The normalized spacial score (nSPS) is 13.6. The number of fused-ring (bicyclic) bond motifs is 2. The van der Waals surface area contributed by atoms with Crippen molar-refractivity contribution in [2.75, 3.05) is 6.79 Å². The highest BCUT2D eigenvalue weighted by Gasteiger charge is 2.21. The minimum Gasteiger partial charge on any atom is -0.454 e. The number of ether oxygens (including phenoxy) is 2. The highest BCUT2D eigenvalue weighted by atomic mass is 32.2. The number of thioether (sulfide) groups is 1. The van der Waals surface area contributed by atoms with Crippen LogP contribution < -0.4 is 20.3 Å². The standard InChI is InChI=1S/C22H23N3O4S/c1-13(2)25-21(27)16-6-4-5-7-17(16)24-22(25)30-14(3)20(26)23-11-15-8-9-18-19(10-15)29-12-28-18/h4-10,13-14H,11-12H2,1-3H3,(H,23,26). The molecule has 0 fully saturated rings. The summed E-state index contributed by atoms with van der Waals surface area (Å²) in [4.78, 5) is 30.3. The third kappa shape index (κ3) is 4.00. The topological polar surface area (TPSA) is 82.5 Å². The van der Waals surface area contributed by atoms with Gasteiger partial charge in [0.15, 0.2) is 16.7 Å². The van der Waals surface area contributed by atoms with Crippen molar-refractivity contribution >= 4 is 28.6 Å². The van der Waals surface area contributed by atoms with E-state index in [-0.39, 0.29) is 24.3 Å². The maximum absolute atomic E-state index is 12.9. The molecule has 4 rings (SSSR count). The molecule has 0 spiro atoms. The maximum atomic E-state index is 12.9. The van der Waals surface area contributed by atoms with Gasteiger partial charge in [-0.25, -0.2) is 4.98 Å². The van der Waals surface area contributed by atoms with Crippen LogP contribution in [-0.4, -0.2) is 27.5 Å². The molecule has 0 aliphatic carbocycles. The molecule has 30 heavy (non-hydrogen) atoms. The zero-order valence-corrected chi connectivity index (χ0v) is 17.9. The monoisotopic (exact) mass is 425 g/mol. The first-order valence-corrected chi connectivity index (χ1v) is 10.7. The Balaban J connectivity index is 1.49. The largest absolute Gasteiger partial charge is 0.454 e. The number of benzene rings is 2. The van der Waals surface area contributed by atoms with Crippen LogP contribution in [-0.2, 0) is 11.3 Å². The van der Waals surface area contributed by atoms with Crippen molar-refractivity contribution in [1.82, 2.24) is 14.9 Å². The fourth-order valence-corrected chi connectivity index (χ4v) is 4.32. The summed E-state index contributed by atoms with van der Waals surface area (Å²) in [6.07, 6.45) is 0. The van der Waals surface area contributed by atoms with Gasteiger partial charge in [0.2, 0.25) is 12.7 Å². The molecule has 1 N–H and O–H groups in total. The van der Waals surface area contributed by atoms with Crippen molar-refractivity contribution in [3.63, 3.8) is 0 Å². The SMILES string of the molecule is CC(Sc1nc2ccccc2c(=O)n1C(C)C)C(=O)NCc1ccc2c(c1)OCO2. The molecule has 7 nitrogen and oxygen atoms in total. The van der Waals surface area contributed by atoms with Crippen LogP contribution >= 0.6 is 11.8 Å². The third-order valence-corrected chi connectivity index (χ3v) is 5.91. The molecule has 8 heteroatoms. The quantitative estimate of drug-likeness (QED) is 0.481. The number of nitrogens with zero attached hydrogens (tertiary/aromatic N) is 2. The van der Waals surface area contributed by atoms with E-state index in [1.807, 2.05) is 57.2 Å². The second-order valence-corrected chi connectivity index (χ2v) is 8.65. The predicted molar refractivity (Wildman–Crippen MR) is 116 cm³/mol. The van der Waals surface area contributed by atoms with Gasteiger partial charge in [0.05, 0.1) is 16.2 Å². The van der Waals surface area contributed by atoms with Crippen LogP contribution in [0.25, 0.3) is 10.9 Å². The fourth-order valence-electron chi connectivity index (χ4n) is 3.26. The molecule has 1 unspecified atom stereocenters. The molecule has 0 saturated carbocycles. The van der Waals surface area contributed by atoms with E-state index >= 15 is 0 Å². The average Bonchev–Trinajstić information content (AvgIpc) is 3.19. The lowest BCUT2D eigenvalue weighted by atomic mass is 10.2. The van der Waals surface area contributed by atoms with Crippen LogP contribution in [0, 0.1) is 0 Å². The van der Waals surface area contributed by atoms with Gasteiger partial charge >= 0.3 is 0 Å². The van der Waals surface area contributed by atoms with Gasteiger partial charge < -0.3 is 14.8 Å². The second-order valence-electron chi connectivity index (χ2n) is 7.35. The lowest BCUT2D eigenvalue weighted by Gasteiger charge is -2.18. The number of para-hydroxylation sites is 1. The van der Waals surface area contributed by atoms with Crippen LogP contribution in [0.2, 0.25) is 0 Å². The fraction of sp³-hybridized carbons (Fsp3) is 0.318. The van der Waals surface area contributed by atoms with Crippen LogP contribution in [0.1, 0.15) is 32.4 Å². The van der Waals surface area contributed by atoms with Crippen LogP contribution in [0.4, 0.5) is 0 Å². The Morgan fingerprint density at radius 1 is 1.17 bits per heavy atom. The molecule has 1 aliphatic rings. The van der Waals surface area contributed by atoms with Crippen molar-refractivity contribution in [3.05, 3.63) is 58.4 Å². The number of carbonyl (C=O) groups excluding carboxylic acids is 1. The number of carbonyl (C=O) groups is 1. The Morgan fingerprint density at radius 2 is 1.93 bits per heavy atom. The summed E-state index contributed by atoms with van der Waals surface area (Å²) in [5.41, 5.74) is 1.47. The minimum atomic E-state index is -0.419. The summed E-state index contributed by atoms with van der Waals surface area (Å²) >= 11 is 1.29. The number of nitrogens with one attached hydrogen (secondary N) is 1. The summed E-state index contributed by atoms with van der Waals surface area (Å²) in [5.74, 6) is 1.27. The van der Waals surface area contributed by atoms with E-state index in [1.165, 1.54) is 11.8 Å². The molecule has 156 valence electrons. The van der Waals surface area contributed by atoms with Crippen molar-refractivity contribution < 1.29 is 14.3 Å². The van der Waals surface area contributed by atoms with E-state index < -0.39 is 5.25 Å². The van der Waals surface area contributed by atoms with Crippen molar-refractivity contribution in [3.8, 4) is 11.5 Å². The van der Waals surface area contributed by atoms with E-state index in [1.54, 1.807) is 10.6 Å². The highest BCUT2D eigenvalue weighted by Crippen LogP contribution is 2.32. The average molecular weight is 426 g/mol. The van der Waals surface area contributed by atoms with Gasteiger partial charge in [0.1, 0.15) is 0 Å². The van der Waals surface area contributed by atoms with Crippen LogP contribution in [0.5, 0.6) is 11.5 Å². The Morgan fingerprint density at radius 3 is 2.73 bits per heavy atom. The first-order valence-electron chi connectivity index (χ1n) is 9.78. The van der Waals surface area contributed by atoms with Gasteiger partial charge in [-0.15, -0.1) is 0 Å². The zero-order chi connectivity index (χ0) is 21.3. The zero-order valence-electron chi connectivity index (χ0n) is 17.0. The first kappa shape index (κ1) is 20.3. The summed E-state index contributed by atoms with van der Waals surface area (Å²) in [6.45, 7) is 6.28. The Hall–Kier alpha value is -3.00. The summed E-state index contributed by atoms with van der Waals surface area (Å²) in [7, 11) is 0. The molecule has 3 aromatic rings. The molecule has 1 aliphatic heterocycles. The number of aromatic nitrogens is 2. The van der Waals surface area contributed by atoms with Gasteiger partial charge in [0, 0.05) is 12.6 Å². The molecule has 1 aromatic heterocycles. The molecule has 1 atom stereocenters. The Bertz CT molecular complexity index is 1160. The molecule has 0 radical (unpaired) electrons. The molecular formula is C22H23N3O4S. The van der Waals surface area contributed by atoms with E-state index in [2.05, 4.69) is 10.3 Å². The van der Waals surface area contributed by atoms with E-state index in [4.69, 9.17) is 9.47 Å². The predicted octanol–water partition coefficient (Wildman–Crippen LogP) is 3.50. The molecular weight excluding hydrogens is 402 g/mol. The molecule has 1 amide bonds. The first-order chi connectivity index (χ1) is 14.4.